The van der Waals surface area contributed by atoms with Crippen LogP contribution in [0.3, 0.4) is 0 Å². The quantitative estimate of drug-likeness (QED) is 0.834. The minimum absolute atomic E-state index is 0.535. The molecular formula is C16H27N3. The number of rotatable bonds is 3. The molecule has 3 nitrogen and oxygen atoms in total. The highest BCUT2D eigenvalue weighted by Gasteiger charge is 1.97. The van der Waals surface area contributed by atoms with Gasteiger partial charge in [0.15, 0.2) is 0 Å². The van der Waals surface area contributed by atoms with E-state index in [0.29, 0.717) is 17.7 Å². The molecule has 0 unspecified atom stereocenters. The zero-order chi connectivity index (χ0) is 14.8. The number of nitrogen functional groups attached to an aromatic ring is 1. The average molecular weight is 261 g/mol. The minimum atomic E-state index is 0.535. The minimum Gasteiger partial charge on any atom is -0.384 e. The monoisotopic (exact) mass is 261 g/mol. The molecular weight excluding hydrogens is 234 g/mol. The first-order valence-corrected chi connectivity index (χ1v) is 6.72. The van der Waals surface area contributed by atoms with Gasteiger partial charge in [-0.15, -0.1) is 0 Å². The highest BCUT2D eigenvalue weighted by molar-refractivity contribution is 5.78. The summed E-state index contributed by atoms with van der Waals surface area (Å²) in [6.45, 7) is 10.6. The Morgan fingerprint density at radius 1 is 1.26 bits per heavy atom. The van der Waals surface area contributed by atoms with Crippen molar-refractivity contribution >= 4 is 12.0 Å². The van der Waals surface area contributed by atoms with Gasteiger partial charge in [0.25, 0.3) is 0 Å². The van der Waals surface area contributed by atoms with Crippen molar-refractivity contribution in [2.75, 3.05) is 12.8 Å². The molecule has 1 aromatic heterocycles. The van der Waals surface area contributed by atoms with Gasteiger partial charge in [0.1, 0.15) is 5.82 Å². The largest absolute Gasteiger partial charge is 0.384 e. The van der Waals surface area contributed by atoms with Crippen LogP contribution in [-0.2, 0) is 0 Å². The van der Waals surface area contributed by atoms with Crippen molar-refractivity contribution in [2.24, 2.45) is 10.9 Å². The molecule has 0 fully saturated rings. The molecule has 1 rings (SSSR count). The highest BCUT2D eigenvalue weighted by Crippen LogP contribution is 2.12. The Hall–Kier alpha value is -1.64. The van der Waals surface area contributed by atoms with Crippen molar-refractivity contribution in [1.82, 2.24) is 4.98 Å². The van der Waals surface area contributed by atoms with Gasteiger partial charge in [-0.2, -0.15) is 0 Å². The Balaban J connectivity index is 0.000000344. The Morgan fingerprint density at radius 2 is 1.89 bits per heavy atom. The van der Waals surface area contributed by atoms with Crippen LogP contribution in [0.4, 0.5) is 5.82 Å². The van der Waals surface area contributed by atoms with Crippen molar-refractivity contribution in [1.29, 1.82) is 0 Å². The molecule has 0 amide bonds. The summed E-state index contributed by atoms with van der Waals surface area (Å²) in [6, 6.07) is 3.84. The Bertz CT molecular complexity index is 401. The lowest BCUT2D eigenvalue weighted by molar-refractivity contribution is 0.804. The summed E-state index contributed by atoms with van der Waals surface area (Å²) < 4.78 is 0. The van der Waals surface area contributed by atoms with E-state index < -0.39 is 0 Å². The van der Waals surface area contributed by atoms with E-state index in [-0.39, 0.29) is 0 Å². The summed E-state index contributed by atoms with van der Waals surface area (Å²) in [4.78, 5) is 7.91. The number of hydrogen-bond acceptors (Lipinski definition) is 3. The van der Waals surface area contributed by atoms with Crippen molar-refractivity contribution < 1.29 is 0 Å². The molecule has 106 valence electrons. The second kappa shape index (κ2) is 9.31. The first kappa shape index (κ1) is 17.4. The van der Waals surface area contributed by atoms with E-state index >= 15 is 0 Å². The molecule has 0 saturated carbocycles. The van der Waals surface area contributed by atoms with Crippen LogP contribution in [0.2, 0.25) is 0 Å². The first-order chi connectivity index (χ1) is 8.92. The predicted octanol–water partition coefficient (Wildman–Crippen LogP) is 4.08. The summed E-state index contributed by atoms with van der Waals surface area (Å²) in [5.74, 6) is 1.72. The molecule has 0 radical (unpaired) electrons. The summed E-state index contributed by atoms with van der Waals surface area (Å²) in [6.07, 6.45) is 5.82. The number of hydrogen-bond donors (Lipinski definition) is 1. The summed E-state index contributed by atoms with van der Waals surface area (Å²) in [5, 5.41) is 0. The molecule has 0 aliphatic rings. The van der Waals surface area contributed by atoms with Crippen LogP contribution < -0.4 is 5.73 Å². The van der Waals surface area contributed by atoms with E-state index in [1.165, 1.54) is 11.1 Å². The Labute approximate surface area is 117 Å². The number of nitrogens with zero attached hydrogens (tertiary/aromatic N) is 2. The molecule has 2 N–H and O–H groups in total. The second-order valence-corrected chi connectivity index (χ2v) is 5.00. The number of anilines is 1. The number of allylic oxidation sites excluding steroid dienone is 2. The Kier molecular flexibility index (Phi) is 8.51. The third-order valence-electron chi connectivity index (χ3n) is 2.75. The zero-order valence-corrected chi connectivity index (χ0v) is 13.0. The van der Waals surface area contributed by atoms with Crippen molar-refractivity contribution in [2.45, 2.75) is 40.5 Å². The highest BCUT2D eigenvalue weighted by atomic mass is 14.8. The summed E-state index contributed by atoms with van der Waals surface area (Å²) >= 11 is 0. The molecule has 0 aromatic carbocycles. The molecule has 0 aliphatic carbocycles. The van der Waals surface area contributed by atoms with Crippen molar-refractivity contribution in [3.05, 3.63) is 35.5 Å². The van der Waals surface area contributed by atoms with Gasteiger partial charge in [-0.05, 0) is 36.0 Å². The molecule has 1 aromatic rings. The summed E-state index contributed by atoms with van der Waals surface area (Å²) in [5.41, 5.74) is 7.95. The third-order valence-corrected chi connectivity index (χ3v) is 2.75. The predicted molar refractivity (Wildman–Crippen MR) is 85.7 cm³/mol. The Morgan fingerprint density at radius 3 is 2.16 bits per heavy atom. The van der Waals surface area contributed by atoms with Gasteiger partial charge in [-0.1, -0.05) is 39.8 Å². The van der Waals surface area contributed by atoms with Gasteiger partial charge < -0.3 is 5.73 Å². The fourth-order valence-electron chi connectivity index (χ4n) is 1.46. The van der Waals surface area contributed by atoms with E-state index in [4.69, 9.17) is 5.73 Å². The van der Waals surface area contributed by atoms with Crippen molar-refractivity contribution in [3.63, 3.8) is 0 Å². The maximum atomic E-state index is 5.42. The van der Waals surface area contributed by atoms with Crippen LogP contribution in [0.25, 0.3) is 0 Å². The van der Waals surface area contributed by atoms with Gasteiger partial charge in [0.05, 0.1) is 0 Å². The van der Waals surface area contributed by atoms with E-state index in [2.05, 4.69) is 43.7 Å². The van der Waals surface area contributed by atoms with E-state index in [9.17, 15) is 0 Å². The van der Waals surface area contributed by atoms with E-state index in [1.807, 2.05) is 31.5 Å². The number of aliphatic imine (C=N–C) groups is 1. The van der Waals surface area contributed by atoms with Crippen LogP contribution in [-0.4, -0.2) is 18.2 Å². The van der Waals surface area contributed by atoms with Crippen LogP contribution in [0.15, 0.2) is 35.0 Å². The van der Waals surface area contributed by atoms with Crippen LogP contribution in [0.5, 0.6) is 0 Å². The van der Waals surface area contributed by atoms with Gasteiger partial charge in [0.2, 0.25) is 0 Å². The fourth-order valence-corrected chi connectivity index (χ4v) is 1.46. The molecule has 0 bridgehead atoms. The SMILES string of the molecule is C/C=C(\C=NC)C(C)C.CC(C)c1ccc(N)nc1. The number of pyridine rings is 1. The van der Waals surface area contributed by atoms with Gasteiger partial charge in [0, 0.05) is 19.5 Å². The molecule has 0 spiro atoms. The molecule has 3 heteroatoms. The molecule has 0 atom stereocenters. The first-order valence-electron chi connectivity index (χ1n) is 6.72. The number of nitrogens with two attached hydrogens (primary N) is 1. The lowest BCUT2D eigenvalue weighted by atomic mass is 10.1. The average Bonchev–Trinajstić information content (AvgIpc) is 2.36. The standard InChI is InChI=1S/C8H12N2.C8H15N/c1-6(2)7-3-4-8(9)10-5-7;1-5-8(6-9-4)7(2)3/h3-6H,1-2H3,(H2,9,10);5-7H,1-4H3/b;8-5+,9-6?. The molecule has 0 saturated heterocycles. The van der Waals surface area contributed by atoms with Crippen LogP contribution in [0.1, 0.15) is 46.1 Å². The lowest BCUT2D eigenvalue weighted by Gasteiger charge is -2.02. The molecule has 19 heavy (non-hydrogen) atoms. The van der Waals surface area contributed by atoms with Crippen molar-refractivity contribution in [3.8, 4) is 0 Å². The maximum absolute atomic E-state index is 5.42. The van der Waals surface area contributed by atoms with Crippen LogP contribution in [0, 0.1) is 5.92 Å². The van der Waals surface area contributed by atoms with Gasteiger partial charge >= 0.3 is 0 Å². The normalized spacial score (nSPS) is 11.9. The van der Waals surface area contributed by atoms with Gasteiger partial charge in [-0.25, -0.2) is 4.98 Å². The topological polar surface area (TPSA) is 51.3 Å². The third kappa shape index (κ3) is 7.39. The summed E-state index contributed by atoms with van der Waals surface area (Å²) in [7, 11) is 1.80. The van der Waals surface area contributed by atoms with E-state index in [1.54, 1.807) is 7.05 Å². The fraction of sp³-hybridized carbons (Fsp3) is 0.500. The maximum Gasteiger partial charge on any atom is 0.123 e. The lowest BCUT2D eigenvalue weighted by Crippen LogP contribution is -1.93. The zero-order valence-electron chi connectivity index (χ0n) is 13.0. The van der Waals surface area contributed by atoms with Crippen LogP contribution >= 0.6 is 0 Å². The van der Waals surface area contributed by atoms with E-state index in [0.717, 1.165) is 0 Å². The second-order valence-electron chi connectivity index (χ2n) is 5.00. The number of aromatic nitrogens is 1. The van der Waals surface area contributed by atoms with Gasteiger partial charge in [-0.3, -0.25) is 4.99 Å². The smallest absolute Gasteiger partial charge is 0.123 e. The molecule has 0 aliphatic heterocycles. The molecule has 1 heterocycles.